The van der Waals surface area contributed by atoms with Crippen molar-refractivity contribution < 1.29 is 14.7 Å². The molecule has 3 rings (SSSR count). The molecule has 1 N–H and O–H groups in total. The van der Waals surface area contributed by atoms with E-state index < -0.39 is 5.97 Å². The third-order valence-corrected chi connectivity index (χ3v) is 5.14. The fraction of sp³-hybridized carbons (Fsp3) is 0.579. The van der Waals surface area contributed by atoms with Gasteiger partial charge in [0.15, 0.2) is 0 Å². The summed E-state index contributed by atoms with van der Waals surface area (Å²) in [6.45, 7) is 2.29. The molecule has 1 aromatic rings. The quantitative estimate of drug-likeness (QED) is 0.905. The number of carboxylic acid groups (broad SMARTS) is 1. The second kappa shape index (κ2) is 6.73. The highest BCUT2D eigenvalue weighted by molar-refractivity contribution is 5.88. The lowest BCUT2D eigenvalue weighted by molar-refractivity contribution is -0.134. The molecule has 23 heavy (non-hydrogen) atoms. The molecular weight excluding hydrogens is 290 g/mol. The minimum atomic E-state index is -0.945. The standard InChI is InChI=1S/C19H25NO3/c1-13-5-7-16(8-6-13)20(17-9-10-17)18(21)12-14-3-2-4-15(11-14)19(22)23/h2-4,11,13,16-17H,5-10,12H2,1H3,(H,22,23). The van der Waals surface area contributed by atoms with Gasteiger partial charge in [0.2, 0.25) is 5.91 Å². The van der Waals surface area contributed by atoms with Gasteiger partial charge < -0.3 is 10.0 Å². The van der Waals surface area contributed by atoms with Crippen molar-refractivity contribution in [3.63, 3.8) is 0 Å². The number of amides is 1. The normalized spacial score (nSPS) is 24.2. The zero-order valence-corrected chi connectivity index (χ0v) is 13.7. The minimum absolute atomic E-state index is 0.162. The monoisotopic (exact) mass is 315 g/mol. The van der Waals surface area contributed by atoms with Crippen LogP contribution in [0.25, 0.3) is 0 Å². The maximum absolute atomic E-state index is 12.8. The number of carbonyl (C=O) groups is 2. The molecule has 124 valence electrons. The lowest BCUT2D eigenvalue weighted by atomic mass is 9.86. The summed E-state index contributed by atoms with van der Waals surface area (Å²) in [4.78, 5) is 26.0. The van der Waals surface area contributed by atoms with E-state index in [1.54, 1.807) is 18.2 Å². The number of carbonyl (C=O) groups excluding carboxylic acids is 1. The molecule has 0 aliphatic heterocycles. The Balaban J connectivity index is 1.69. The van der Waals surface area contributed by atoms with Gasteiger partial charge in [0, 0.05) is 12.1 Å². The van der Waals surface area contributed by atoms with E-state index in [9.17, 15) is 9.59 Å². The highest BCUT2D eigenvalue weighted by Crippen LogP contribution is 2.35. The number of rotatable bonds is 5. The molecule has 4 nitrogen and oxygen atoms in total. The predicted molar refractivity (Wildman–Crippen MR) is 88.4 cm³/mol. The zero-order valence-electron chi connectivity index (χ0n) is 13.7. The summed E-state index contributed by atoms with van der Waals surface area (Å²) in [5.41, 5.74) is 1.05. The van der Waals surface area contributed by atoms with Gasteiger partial charge in [-0.05, 0) is 62.1 Å². The highest BCUT2D eigenvalue weighted by Gasteiger charge is 2.38. The van der Waals surface area contributed by atoms with Crippen molar-refractivity contribution in [2.45, 2.75) is 64.0 Å². The molecule has 0 bridgehead atoms. The topological polar surface area (TPSA) is 57.6 Å². The summed E-state index contributed by atoms with van der Waals surface area (Å²) < 4.78 is 0. The molecule has 0 radical (unpaired) electrons. The van der Waals surface area contributed by atoms with Gasteiger partial charge in [-0.25, -0.2) is 4.79 Å². The first-order valence-corrected chi connectivity index (χ1v) is 8.68. The molecule has 1 aromatic carbocycles. The van der Waals surface area contributed by atoms with Gasteiger partial charge in [-0.3, -0.25) is 4.79 Å². The van der Waals surface area contributed by atoms with E-state index in [1.807, 2.05) is 6.07 Å². The van der Waals surface area contributed by atoms with Crippen LogP contribution in [0.1, 0.15) is 61.4 Å². The summed E-state index contributed by atoms with van der Waals surface area (Å²) in [5.74, 6) is -0.0103. The molecule has 0 unspecified atom stereocenters. The SMILES string of the molecule is CC1CCC(N(C(=O)Cc2cccc(C(=O)O)c2)C2CC2)CC1. The second-order valence-electron chi connectivity index (χ2n) is 7.13. The van der Waals surface area contributed by atoms with Gasteiger partial charge in [-0.15, -0.1) is 0 Å². The van der Waals surface area contributed by atoms with Crippen LogP contribution >= 0.6 is 0 Å². The van der Waals surface area contributed by atoms with E-state index >= 15 is 0 Å². The van der Waals surface area contributed by atoms with Crippen LogP contribution in [0.2, 0.25) is 0 Å². The van der Waals surface area contributed by atoms with Gasteiger partial charge >= 0.3 is 5.97 Å². The van der Waals surface area contributed by atoms with E-state index in [1.165, 1.54) is 12.8 Å². The molecular formula is C19H25NO3. The zero-order chi connectivity index (χ0) is 16.4. The van der Waals surface area contributed by atoms with Crippen molar-refractivity contribution in [1.29, 1.82) is 0 Å². The van der Waals surface area contributed by atoms with Gasteiger partial charge in [0.05, 0.1) is 12.0 Å². The van der Waals surface area contributed by atoms with Crippen molar-refractivity contribution in [3.8, 4) is 0 Å². The van der Waals surface area contributed by atoms with Crippen LogP contribution in [0.15, 0.2) is 24.3 Å². The van der Waals surface area contributed by atoms with Crippen LogP contribution in [0.4, 0.5) is 0 Å². The Bertz CT molecular complexity index is 586. The minimum Gasteiger partial charge on any atom is -0.478 e. The fourth-order valence-electron chi connectivity index (χ4n) is 3.66. The maximum atomic E-state index is 12.8. The molecule has 4 heteroatoms. The molecule has 1 amide bonds. The van der Waals surface area contributed by atoms with Gasteiger partial charge in [0.1, 0.15) is 0 Å². The lowest BCUT2D eigenvalue weighted by Crippen LogP contribution is -2.44. The van der Waals surface area contributed by atoms with Gasteiger partial charge in [-0.2, -0.15) is 0 Å². The average Bonchev–Trinajstić information content (AvgIpc) is 3.34. The molecule has 2 saturated carbocycles. The van der Waals surface area contributed by atoms with Crippen molar-refractivity contribution in [2.75, 3.05) is 0 Å². The number of benzene rings is 1. The summed E-state index contributed by atoms with van der Waals surface area (Å²) >= 11 is 0. The number of hydrogen-bond donors (Lipinski definition) is 1. The second-order valence-corrected chi connectivity index (χ2v) is 7.13. The lowest BCUT2D eigenvalue weighted by Gasteiger charge is -2.36. The van der Waals surface area contributed by atoms with E-state index in [2.05, 4.69) is 11.8 Å². The van der Waals surface area contributed by atoms with Crippen molar-refractivity contribution >= 4 is 11.9 Å². The van der Waals surface area contributed by atoms with E-state index in [0.29, 0.717) is 18.5 Å². The Hall–Kier alpha value is -1.84. The summed E-state index contributed by atoms with van der Waals surface area (Å²) in [6, 6.07) is 7.55. The number of nitrogens with zero attached hydrogens (tertiary/aromatic N) is 1. The van der Waals surface area contributed by atoms with E-state index in [4.69, 9.17) is 5.11 Å². The Morgan fingerprint density at radius 1 is 1.09 bits per heavy atom. The van der Waals surface area contributed by atoms with E-state index in [-0.39, 0.29) is 11.5 Å². The predicted octanol–water partition coefficient (Wildman–Crippen LogP) is 3.50. The van der Waals surface area contributed by atoms with Crippen LogP contribution in [-0.2, 0) is 11.2 Å². The molecule has 2 aliphatic carbocycles. The molecule has 0 aromatic heterocycles. The summed E-state index contributed by atoms with van der Waals surface area (Å²) in [5, 5.41) is 9.08. The fourth-order valence-corrected chi connectivity index (χ4v) is 3.66. The molecule has 0 atom stereocenters. The highest BCUT2D eigenvalue weighted by atomic mass is 16.4. The first-order chi connectivity index (χ1) is 11.0. The van der Waals surface area contributed by atoms with Crippen LogP contribution in [-0.4, -0.2) is 34.0 Å². The Morgan fingerprint density at radius 2 is 1.70 bits per heavy atom. The molecule has 0 spiro atoms. The van der Waals surface area contributed by atoms with Gasteiger partial charge in [0.25, 0.3) is 0 Å². The third-order valence-electron chi connectivity index (χ3n) is 5.14. The molecule has 2 fully saturated rings. The Morgan fingerprint density at radius 3 is 2.26 bits per heavy atom. The van der Waals surface area contributed by atoms with Crippen LogP contribution in [0.5, 0.6) is 0 Å². The van der Waals surface area contributed by atoms with E-state index in [0.717, 1.165) is 37.2 Å². The first-order valence-electron chi connectivity index (χ1n) is 8.68. The molecule has 0 saturated heterocycles. The average molecular weight is 315 g/mol. The number of aromatic carboxylic acids is 1. The van der Waals surface area contributed by atoms with Crippen LogP contribution < -0.4 is 0 Å². The maximum Gasteiger partial charge on any atom is 0.335 e. The molecule has 2 aliphatic rings. The molecule has 0 heterocycles. The van der Waals surface area contributed by atoms with Crippen molar-refractivity contribution in [1.82, 2.24) is 4.90 Å². The number of hydrogen-bond acceptors (Lipinski definition) is 2. The first kappa shape index (κ1) is 16.0. The third kappa shape index (κ3) is 3.92. The van der Waals surface area contributed by atoms with Crippen molar-refractivity contribution in [3.05, 3.63) is 35.4 Å². The summed E-state index contributed by atoms with van der Waals surface area (Å²) in [7, 11) is 0. The Labute approximate surface area is 137 Å². The largest absolute Gasteiger partial charge is 0.478 e. The number of carboxylic acids is 1. The smallest absolute Gasteiger partial charge is 0.335 e. The van der Waals surface area contributed by atoms with Crippen LogP contribution in [0, 0.1) is 5.92 Å². The van der Waals surface area contributed by atoms with Crippen molar-refractivity contribution in [2.24, 2.45) is 5.92 Å². The van der Waals surface area contributed by atoms with Crippen LogP contribution in [0.3, 0.4) is 0 Å². The Kier molecular flexibility index (Phi) is 4.69. The summed E-state index contributed by atoms with van der Waals surface area (Å²) in [6.07, 6.45) is 7.17. The van der Waals surface area contributed by atoms with Gasteiger partial charge in [-0.1, -0.05) is 19.1 Å².